The fourth-order valence-corrected chi connectivity index (χ4v) is 2.11. The molecule has 1 atom stereocenters. The van der Waals surface area contributed by atoms with E-state index in [1.54, 1.807) is 31.4 Å². The van der Waals surface area contributed by atoms with Crippen LogP contribution in [0.15, 0.2) is 54.6 Å². The fraction of sp³-hybridized carbons (Fsp3) is 0.235. The molecule has 0 aliphatic heterocycles. The molecule has 0 heterocycles. The van der Waals surface area contributed by atoms with Crippen molar-refractivity contribution >= 4 is 11.7 Å². The summed E-state index contributed by atoms with van der Waals surface area (Å²) in [4.78, 5) is 12.0. The minimum absolute atomic E-state index is 0.125. The van der Waals surface area contributed by atoms with Gasteiger partial charge in [0.2, 0.25) is 0 Å². The van der Waals surface area contributed by atoms with Gasteiger partial charge in [0, 0.05) is 11.8 Å². The molecular formula is C17H20N2O3. The zero-order valence-electron chi connectivity index (χ0n) is 12.5. The predicted molar refractivity (Wildman–Crippen MR) is 86.2 cm³/mol. The standard InChI is InChI=1S/C17H20N2O3/c1-22-16-9-5-8-14(11-16)18-17(21)19-15(12-20)10-13-6-3-2-4-7-13/h2-9,11,15,20H,10,12H2,1H3,(H2,18,19,21)/t15-/m0/s1. The number of ether oxygens (including phenoxy) is 1. The molecule has 0 radical (unpaired) electrons. The number of hydrogen-bond acceptors (Lipinski definition) is 3. The summed E-state index contributed by atoms with van der Waals surface area (Å²) in [5, 5.41) is 14.9. The summed E-state index contributed by atoms with van der Waals surface area (Å²) in [6, 6.07) is 16.1. The first-order chi connectivity index (χ1) is 10.7. The highest BCUT2D eigenvalue weighted by Crippen LogP contribution is 2.16. The number of aliphatic hydroxyl groups is 1. The van der Waals surface area contributed by atoms with Crippen LogP contribution in [0.5, 0.6) is 5.75 Å². The SMILES string of the molecule is COc1cccc(NC(=O)N[C@H](CO)Cc2ccccc2)c1. The lowest BCUT2D eigenvalue weighted by Crippen LogP contribution is -2.41. The van der Waals surface area contributed by atoms with Crippen molar-refractivity contribution in [3.8, 4) is 5.75 Å². The number of amides is 2. The van der Waals surface area contributed by atoms with Crippen molar-refractivity contribution in [2.75, 3.05) is 19.0 Å². The average molecular weight is 300 g/mol. The van der Waals surface area contributed by atoms with Gasteiger partial charge >= 0.3 is 6.03 Å². The number of carbonyl (C=O) groups excluding carboxylic acids is 1. The first kappa shape index (κ1) is 15.9. The van der Waals surface area contributed by atoms with Gasteiger partial charge in [-0.3, -0.25) is 0 Å². The molecule has 0 saturated heterocycles. The number of rotatable bonds is 6. The Labute approximate surface area is 129 Å². The van der Waals surface area contributed by atoms with E-state index in [1.165, 1.54) is 0 Å². The molecule has 116 valence electrons. The third-order valence-electron chi connectivity index (χ3n) is 3.21. The number of urea groups is 1. The summed E-state index contributed by atoms with van der Waals surface area (Å²) in [5.74, 6) is 0.667. The Hall–Kier alpha value is -2.53. The molecule has 0 saturated carbocycles. The van der Waals surface area contributed by atoms with Crippen molar-refractivity contribution < 1.29 is 14.6 Å². The van der Waals surface area contributed by atoms with E-state index in [4.69, 9.17) is 4.74 Å². The highest BCUT2D eigenvalue weighted by Gasteiger charge is 2.12. The molecule has 0 unspecified atom stereocenters. The normalized spacial score (nSPS) is 11.5. The van der Waals surface area contributed by atoms with Gasteiger partial charge in [0.25, 0.3) is 0 Å². The molecule has 22 heavy (non-hydrogen) atoms. The van der Waals surface area contributed by atoms with Crippen LogP contribution in [0, 0.1) is 0 Å². The molecule has 2 rings (SSSR count). The van der Waals surface area contributed by atoms with Gasteiger partial charge in [-0.2, -0.15) is 0 Å². The maximum atomic E-state index is 12.0. The number of carbonyl (C=O) groups is 1. The van der Waals surface area contributed by atoms with Crippen LogP contribution in [0.1, 0.15) is 5.56 Å². The fourth-order valence-electron chi connectivity index (χ4n) is 2.11. The number of benzene rings is 2. The van der Waals surface area contributed by atoms with E-state index in [2.05, 4.69) is 10.6 Å². The van der Waals surface area contributed by atoms with E-state index in [9.17, 15) is 9.90 Å². The first-order valence-electron chi connectivity index (χ1n) is 7.07. The second kappa shape index (κ2) is 8.05. The molecule has 0 aliphatic carbocycles. The highest BCUT2D eigenvalue weighted by molar-refractivity contribution is 5.89. The maximum Gasteiger partial charge on any atom is 0.319 e. The Morgan fingerprint density at radius 1 is 1.18 bits per heavy atom. The Balaban J connectivity index is 1.91. The third kappa shape index (κ3) is 4.79. The summed E-state index contributed by atoms with van der Waals surface area (Å²) >= 11 is 0. The molecule has 0 aromatic heterocycles. The van der Waals surface area contributed by atoms with Gasteiger partial charge in [-0.1, -0.05) is 36.4 Å². The van der Waals surface area contributed by atoms with Gasteiger partial charge in [-0.05, 0) is 24.1 Å². The molecule has 0 aliphatic rings. The third-order valence-corrected chi connectivity index (χ3v) is 3.21. The van der Waals surface area contributed by atoms with Crippen LogP contribution < -0.4 is 15.4 Å². The quantitative estimate of drug-likeness (QED) is 0.767. The number of aliphatic hydroxyl groups excluding tert-OH is 1. The monoisotopic (exact) mass is 300 g/mol. The van der Waals surface area contributed by atoms with Gasteiger partial charge in [0.15, 0.2) is 0 Å². The minimum Gasteiger partial charge on any atom is -0.497 e. The Bertz CT molecular complexity index is 602. The number of anilines is 1. The van der Waals surface area contributed by atoms with E-state index in [1.807, 2.05) is 30.3 Å². The largest absolute Gasteiger partial charge is 0.497 e. The second-order valence-electron chi connectivity index (χ2n) is 4.90. The second-order valence-corrected chi connectivity index (χ2v) is 4.90. The molecule has 0 fully saturated rings. The molecule has 5 heteroatoms. The lowest BCUT2D eigenvalue weighted by Gasteiger charge is -2.17. The molecule has 2 amide bonds. The summed E-state index contributed by atoms with van der Waals surface area (Å²) in [6.45, 7) is -0.125. The van der Waals surface area contributed by atoms with Crippen LogP contribution in [0.2, 0.25) is 0 Å². The average Bonchev–Trinajstić information content (AvgIpc) is 2.55. The molecule has 0 bridgehead atoms. The maximum absolute atomic E-state index is 12.0. The van der Waals surface area contributed by atoms with Crippen molar-refractivity contribution in [3.63, 3.8) is 0 Å². The molecule has 2 aromatic rings. The zero-order valence-corrected chi connectivity index (χ0v) is 12.5. The molecule has 5 nitrogen and oxygen atoms in total. The van der Waals surface area contributed by atoms with Crippen molar-refractivity contribution in [2.45, 2.75) is 12.5 Å². The topological polar surface area (TPSA) is 70.6 Å². The van der Waals surface area contributed by atoms with Crippen LogP contribution in [-0.4, -0.2) is 30.9 Å². The Kier molecular flexibility index (Phi) is 5.80. The van der Waals surface area contributed by atoms with Gasteiger partial charge in [0.05, 0.1) is 19.8 Å². The van der Waals surface area contributed by atoms with Crippen molar-refractivity contribution in [1.29, 1.82) is 0 Å². The molecular weight excluding hydrogens is 280 g/mol. The van der Waals surface area contributed by atoms with Crippen molar-refractivity contribution in [1.82, 2.24) is 5.32 Å². The van der Waals surface area contributed by atoms with Crippen molar-refractivity contribution in [3.05, 3.63) is 60.2 Å². The van der Waals surface area contributed by atoms with E-state index in [-0.39, 0.29) is 18.7 Å². The van der Waals surface area contributed by atoms with Crippen molar-refractivity contribution in [2.24, 2.45) is 0 Å². The van der Waals surface area contributed by atoms with E-state index in [0.717, 1.165) is 5.56 Å². The van der Waals surface area contributed by atoms with E-state index < -0.39 is 0 Å². The zero-order chi connectivity index (χ0) is 15.8. The minimum atomic E-state index is -0.358. The predicted octanol–water partition coefficient (Wildman–Crippen LogP) is 2.42. The van der Waals surface area contributed by atoms with Crippen LogP contribution >= 0.6 is 0 Å². The lowest BCUT2D eigenvalue weighted by atomic mass is 10.1. The Morgan fingerprint density at radius 2 is 1.95 bits per heavy atom. The summed E-state index contributed by atoms with van der Waals surface area (Å²) in [7, 11) is 1.57. The van der Waals surface area contributed by atoms with Gasteiger partial charge < -0.3 is 20.5 Å². The summed E-state index contributed by atoms with van der Waals surface area (Å²) in [6.07, 6.45) is 0.572. The van der Waals surface area contributed by atoms with Crippen LogP contribution in [-0.2, 0) is 6.42 Å². The van der Waals surface area contributed by atoms with Gasteiger partial charge in [0.1, 0.15) is 5.75 Å². The van der Waals surface area contributed by atoms with E-state index in [0.29, 0.717) is 17.9 Å². The molecule has 0 spiro atoms. The first-order valence-corrected chi connectivity index (χ1v) is 7.07. The number of hydrogen-bond donors (Lipinski definition) is 3. The Morgan fingerprint density at radius 3 is 2.64 bits per heavy atom. The molecule has 2 aromatic carbocycles. The van der Waals surface area contributed by atoms with Crippen LogP contribution in [0.4, 0.5) is 10.5 Å². The lowest BCUT2D eigenvalue weighted by molar-refractivity contribution is 0.224. The van der Waals surface area contributed by atoms with Crippen LogP contribution in [0.3, 0.4) is 0 Å². The van der Waals surface area contributed by atoms with Gasteiger partial charge in [-0.15, -0.1) is 0 Å². The van der Waals surface area contributed by atoms with E-state index >= 15 is 0 Å². The van der Waals surface area contributed by atoms with Crippen LogP contribution in [0.25, 0.3) is 0 Å². The highest BCUT2D eigenvalue weighted by atomic mass is 16.5. The number of nitrogens with one attached hydrogen (secondary N) is 2. The number of methoxy groups -OCH3 is 1. The summed E-state index contributed by atoms with van der Waals surface area (Å²) in [5.41, 5.74) is 1.69. The molecule has 3 N–H and O–H groups in total. The summed E-state index contributed by atoms with van der Waals surface area (Å²) < 4.78 is 5.11. The van der Waals surface area contributed by atoms with Gasteiger partial charge in [-0.25, -0.2) is 4.79 Å². The smallest absolute Gasteiger partial charge is 0.319 e.